The van der Waals surface area contributed by atoms with Gasteiger partial charge in [-0.3, -0.25) is 4.79 Å². The van der Waals surface area contributed by atoms with Crippen LogP contribution in [0.5, 0.6) is 0 Å². The summed E-state index contributed by atoms with van der Waals surface area (Å²) in [5.74, 6) is 0.0252. The molecule has 1 aliphatic rings. The first-order valence-corrected chi connectivity index (χ1v) is 4.38. The van der Waals surface area contributed by atoms with E-state index in [0.717, 1.165) is 6.54 Å². The van der Waals surface area contributed by atoms with Crippen molar-refractivity contribution in [3.05, 3.63) is 24.0 Å². The van der Waals surface area contributed by atoms with Crippen LogP contribution in [0, 0.1) is 0 Å². The van der Waals surface area contributed by atoms with Crippen LogP contribution in [-0.2, 0) is 4.74 Å². The highest BCUT2D eigenvalue weighted by Gasteiger charge is 2.23. The number of aromatic nitrogens is 1. The maximum Gasteiger partial charge on any atom is 0.208 e. The number of Topliss-reactive ketones (excluding diaryl/α,β-unsaturated/α-hetero) is 1. The van der Waals surface area contributed by atoms with Gasteiger partial charge in [-0.2, -0.15) is 0 Å². The Kier molecular flexibility index (Phi) is 2.42. The molecule has 0 saturated carbocycles. The summed E-state index contributed by atoms with van der Waals surface area (Å²) in [7, 11) is 0. The molecule has 1 fully saturated rings. The monoisotopic (exact) mass is 180 g/mol. The van der Waals surface area contributed by atoms with E-state index in [1.54, 1.807) is 12.3 Å². The van der Waals surface area contributed by atoms with Crippen LogP contribution in [0.3, 0.4) is 0 Å². The molecule has 0 aliphatic carbocycles. The Balaban J connectivity index is 2.04. The number of carbonyl (C=O) groups is 1. The number of nitrogens with one attached hydrogen (secondary N) is 2. The van der Waals surface area contributed by atoms with Crippen LogP contribution in [0.2, 0.25) is 0 Å². The third-order valence-corrected chi connectivity index (χ3v) is 2.08. The molecule has 2 N–H and O–H groups in total. The van der Waals surface area contributed by atoms with Crippen LogP contribution < -0.4 is 5.32 Å². The summed E-state index contributed by atoms with van der Waals surface area (Å²) >= 11 is 0. The minimum absolute atomic E-state index is 0.0252. The van der Waals surface area contributed by atoms with Gasteiger partial charge >= 0.3 is 0 Å². The van der Waals surface area contributed by atoms with Gasteiger partial charge in [0.05, 0.1) is 12.3 Å². The molecule has 1 aromatic rings. The first kappa shape index (κ1) is 8.47. The van der Waals surface area contributed by atoms with Gasteiger partial charge < -0.3 is 15.0 Å². The molecule has 2 rings (SSSR count). The number of ketones is 1. The van der Waals surface area contributed by atoms with Crippen LogP contribution >= 0.6 is 0 Å². The molecule has 0 radical (unpaired) electrons. The molecular weight excluding hydrogens is 168 g/mol. The summed E-state index contributed by atoms with van der Waals surface area (Å²) in [4.78, 5) is 14.5. The average Bonchev–Trinajstić information content (AvgIpc) is 2.71. The van der Waals surface area contributed by atoms with Crippen LogP contribution in [0.15, 0.2) is 18.3 Å². The number of rotatable bonds is 2. The smallest absolute Gasteiger partial charge is 0.208 e. The number of hydrogen-bond acceptors (Lipinski definition) is 3. The van der Waals surface area contributed by atoms with Gasteiger partial charge in [0.2, 0.25) is 5.78 Å². The fraction of sp³-hybridized carbons (Fsp3) is 0.444. The van der Waals surface area contributed by atoms with Crippen molar-refractivity contribution in [3.63, 3.8) is 0 Å². The molecule has 0 amide bonds. The minimum atomic E-state index is -0.326. The largest absolute Gasteiger partial charge is 0.367 e. The van der Waals surface area contributed by atoms with Crippen molar-refractivity contribution >= 4 is 5.78 Å². The van der Waals surface area contributed by atoms with Crippen LogP contribution in [0.1, 0.15) is 10.5 Å². The lowest BCUT2D eigenvalue weighted by molar-refractivity contribution is 0.0266. The number of carbonyl (C=O) groups excluding carboxylic acids is 1. The normalized spacial score (nSPS) is 22.9. The lowest BCUT2D eigenvalue weighted by Gasteiger charge is -2.21. The van der Waals surface area contributed by atoms with Crippen LogP contribution in [0.4, 0.5) is 0 Å². The van der Waals surface area contributed by atoms with Gasteiger partial charge in [0.25, 0.3) is 0 Å². The van der Waals surface area contributed by atoms with Crippen molar-refractivity contribution in [3.8, 4) is 0 Å². The Morgan fingerprint density at radius 3 is 3.15 bits per heavy atom. The van der Waals surface area contributed by atoms with Crippen LogP contribution in [0.25, 0.3) is 0 Å². The standard InChI is InChI=1S/C9H12N2O2/c12-9(7-2-1-3-11-7)8-6-10-4-5-13-8/h1-3,8,10-11H,4-6H2. The first-order chi connectivity index (χ1) is 6.38. The summed E-state index contributed by atoms with van der Waals surface area (Å²) in [5.41, 5.74) is 0.619. The molecule has 1 unspecified atom stereocenters. The van der Waals surface area contributed by atoms with E-state index in [9.17, 15) is 4.79 Å². The molecule has 0 bridgehead atoms. The van der Waals surface area contributed by atoms with Crippen molar-refractivity contribution in [1.82, 2.24) is 10.3 Å². The topological polar surface area (TPSA) is 54.1 Å². The van der Waals surface area contributed by atoms with E-state index in [1.165, 1.54) is 0 Å². The van der Waals surface area contributed by atoms with E-state index in [1.807, 2.05) is 6.07 Å². The lowest BCUT2D eigenvalue weighted by atomic mass is 10.1. The molecule has 1 saturated heterocycles. The Hall–Kier alpha value is -1.13. The molecule has 0 aromatic carbocycles. The van der Waals surface area contributed by atoms with E-state index >= 15 is 0 Å². The second-order valence-corrected chi connectivity index (χ2v) is 3.01. The van der Waals surface area contributed by atoms with E-state index in [0.29, 0.717) is 18.8 Å². The Morgan fingerprint density at radius 2 is 2.54 bits per heavy atom. The molecule has 70 valence electrons. The highest BCUT2D eigenvalue weighted by molar-refractivity contribution is 5.98. The van der Waals surface area contributed by atoms with Crippen molar-refractivity contribution in [2.45, 2.75) is 6.10 Å². The second-order valence-electron chi connectivity index (χ2n) is 3.01. The van der Waals surface area contributed by atoms with Gasteiger partial charge in [-0.15, -0.1) is 0 Å². The zero-order valence-electron chi connectivity index (χ0n) is 7.25. The number of morpholine rings is 1. The fourth-order valence-electron chi connectivity index (χ4n) is 1.39. The van der Waals surface area contributed by atoms with E-state index in [2.05, 4.69) is 10.3 Å². The van der Waals surface area contributed by atoms with Gasteiger partial charge in [0.1, 0.15) is 6.10 Å². The van der Waals surface area contributed by atoms with Gasteiger partial charge in [0, 0.05) is 19.3 Å². The maximum absolute atomic E-state index is 11.7. The Bertz CT molecular complexity index is 276. The van der Waals surface area contributed by atoms with Crippen molar-refractivity contribution in [2.24, 2.45) is 0 Å². The summed E-state index contributed by atoms with van der Waals surface area (Å²) in [6.07, 6.45) is 1.41. The molecule has 1 aliphatic heterocycles. The third-order valence-electron chi connectivity index (χ3n) is 2.08. The predicted molar refractivity (Wildman–Crippen MR) is 47.7 cm³/mol. The van der Waals surface area contributed by atoms with Crippen molar-refractivity contribution in [1.29, 1.82) is 0 Å². The summed E-state index contributed by atoms with van der Waals surface area (Å²) in [6, 6.07) is 3.57. The Morgan fingerprint density at radius 1 is 1.62 bits per heavy atom. The molecule has 13 heavy (non-hydrogen) atoms. The SMILES string of the molecule is O=C(c1ccc[nH]1)C1CNCCO1. The quantitative estimate of drug-likeness (QED) is 0.639. The van der Waals surface area contributed by atoms with E-state index in [-0.39, 0.29) is 11.9 Å². The fourth-order valence-corrected chi connectivity index (χ4v) is 1.39. The molecule has 0 spiro atoms. The third kappa shape index (κ3) is 1.79. The molecule has 2 heterocycles. The van der Waals surface area contributed by atoms with E-state index < -0.39 is 0 Å². The second kappa shape index (κ2) is 3.72. The lowest BCUT2D eigenvalue weighted by Crippen LogP contribution is -2.43. The zero-order valence-corrected chi connectivity index (χ0v) is 7.25. The summed E-state index contributed by atoms with van der Waals surface area (Å²) in [5, 5.41) is 3.12. The maximum atomic E-state index is 11.7. The summed E-state index contributed by atoms with van der Waals surface area (Å²) < 4.78 is 5.33. The highest BCUT2D eigenvalue weighted by atomic mass is 16.5. The molecular formula is C9H12N2O2. The van der Waals surface area contributed by atoms with Gasteiger partial charge in [-0.05, 0) is 12.1 Å². The number of H-pyrrole nitrogens is 1. The van der Waals surface area contributed by atoms with Crippen molar-refractivity contribution < 1.29 is 9.53 Å². The highest BCUT2D eigenvalue weighted by Crippen LogP contribution is 2.05. The zero-order chi connectivity index (χ0) is 9.10. The number of hydrogen-bond donors (Lipinski definition) is 2. The average molecular weight is 180 g/mol. The minimum Gasteiger partial charge on any atom is -0.367 e. The molecule has 1 atom stereocenters. The van der Waals surface area contributed by atoms with Crippen molar-refractivity contribution in [2.75, 3.05) is 19.7 Å². The van der Waals surface area contributed by atoms with Gasteiger partial charge in [-0.25, -0.2) is 0 Å². The van der Waals surface area contributed by atoms with Gasteiger partial charge in [-0.1, -0.05) is 0 Å². The number of aromatic amines is 1. The predicted octanol–water partition coefficient (Wildman–Crippen LogP) is 0.186. The first-order valence-electron chi connectivity index (χ1n) is 4.38. The molecule has 1 aromatic heterocycles. The Labute approximate surface area is 76.3 Å². The molecule has 4 heteroatoms. The van der Waals surface area contributed by atoms with Gasteiger partial charge in [0.15, 0.2) is 0 Å². The van der Waals surface area contributed by atoms with Crippen LogP contribution in [-0.4, -0.2) is 36.6 Å². The number of ether oxygens (including phenoxy) is 1. The molecule has 4 nitrogen and oxygen atoms in total. The van der Waals surface area contributed by atoms with E-state index in [4.69, 9.17) is 4.74 Å². The summed E-state index contributed by atoms with van der Waals surface area (Å²) in [6.45, 7) is 2.05.